The smallest absolute Gasteiger partial charge is 0.344 e. The first-order valence-corrected chi connectivity index (χ1v) is 9.84. The summed E-state index contributed by atoms with van der Waals surface area (Å²) >= 11 is 0. The van der Waals surface area contributed by atoms with Gasteiger partial charge in [0.15, 0.2) is 19.5 Å². The molecule has 0 heterocycles. The van der Waals surface area contributed by atoms with Gasteiger partial charge in [0.25, 0.3) is 5.91 Å². The van der Waals surface area contributed by atoms with Crippen molar-refractivity contribution >= 4 is 18.2 Å². The Bertz CT molecular complexity index is 963. The number of aldehydes is 1. The SMILES string of the molecule is O=Cc1ccccc1OCC(=O)OCC(=O)N(Cc1ccccc1)Cc1ccccc1. The van der Waals surface area contributed by atoms with Gasteiger partial charge >= 0.3 is 5.97 Å². The van der Waals surface area contributed by atoms with Crippen LogP contribution in [-0.2, 0) is 27.4 Å². The van der Waals surface area contributed by atoms with Gasteiger partial charge in [0.1, 0.15) is 5.75 Å². The van der Waals surface area contributed by atoms with E-state index in [0.29, 0.717) is 24.9 Å². The largest absolute Gasteiger partial charge is 0.481 e. The molecule has 3 rings (SSSR count). The Kier molecular flexibility index (Phi) is 7.94. The summed E-state index contributed by atoms with van der Waals surface area (Å²) in [7, 11) is 0. The van der Waals surface area contributed by atoms with Crippen LogP contribution in [0.1, 0.15) is 21.5 Å². The summed E-state index contributed by atoms with van der Waals surface area (Å²) in [5, 5.41) is 0. The summed E-state index contributed by atoms with van der Waals surface area (Å²) in [5.74, 6) is -0.710. The lowest BCUT2D eigenvalue weighted by atomic mass is 10.1. The molecule has 6 heteroatoms. The highest BCUT2D eigenvalue weighted by Gasteiger charge is 2.17. The maximum absolute atomic E-state index is 12.8. The molecule has 0 aliphatic rings. The van der Waals surface area contributed by atoms with Gasteiger partial charge in [-0.05, 0) is 23.3 Å². The molecule has 0 unspecified atom stereocenters. The molecule has 0 aliphatic carbocycles. The van der Waals surface area contributed by atoms with Crippen LogP contribution in [0, 0.1) is 0 Å². The fourth-order valence-electron chi connectivity index (χ4n) is 2.96. The summed E-state index contributed by atoms with van der Waals surface area (Å²) < 4.78 is 10.5. The predicted octanol–water partition coefficient (Wildman–Crippen LogP) is 3.65. The fraction of sp³-hybridized carbons (Fsp3) is 0.160. The molecule has 158 valence electrons. The van der Waals surface area contributed by atoms with Gasteiger partial charge in [-0.3, -0.25) is 9.59 Å². The number of benzene rings is 3. The highest BCUT2D eigenvalue weighted by molar-refractivity contribution is 5.82. The lowest BCUT2D eigenvalue weighted by Gasteiger charge is -2.23. The average Bonchev–Trinajstić information content (AvgIpc) is 2.82. The van der Waals surface area contributed by atoms with Gasteiger partial charge < -0.3 is 14.4 Å². The Morgan fingerprint density at radius 1 is 0.742 bits per heavy atom. The van der Waals surface area contributed by atoms with Crippen molar-refractivity contribution in [3.8, 4) is 5.75 Å². The van der Waals surface area contributed by atoms with E-state index in [1.54, 1.807) is 29.2 Å². The zero-order valence-electron chi connectivity index (χ0n) is 17.0. The molecule has 0 spiro atoms. The summed E-state index contributed by atoms with van der Waals surface area (Å²) in [6.07, 6.45) is 0.648. The second-order valence-corrected chi connectivity index (χ2v) is 6.83. The predicted molar refractivity (Wildman–Crippen MR) is 115 cm³/mol. The molecular weight excluding hydrogens is 394 g/mol. The van der Waals surface area contributed by atoms with E-state index in [4.69, 9.17) is 9.47 Å². The highest BCUT2D eigenvalue weighted by Crippen LogP contribution is 2.15. The van der Waals surface area contributed by atoms with E-state index in [1.807, 2.05) is 60.7 Å². The standard InChI is InChI=1S/C25H23NO5/c27-17-22-13-7-8-14-23(22)30-19-25(29)31-18-24(28)26(15-20-9-3-1-4-10-20)16-21-11-5-2-6-12-21/h1-14,17H,15-16,18-19H2. The van der Waals surface area contributed by atoms with Crippen molar-refractivity contribution in [1.29, 1.82) is 0 Å². The third-order valence-electron chi connectivity index (χ3n) is 4.53. The molecule has 0 N–H and O–H groups in total. The Hall–Kier alpha value is -3.93. The highest BCUT2D eigenvalue weighted by atomic mass is 16.6. The number of rotatable bonds is 10. The number of hydrogen-bond acceptors (Lipinski definition) is 5. The van der Waals surface area contributed by atoms with Crippen LogP contribution in [0.3, 0.4) is 0 Å². The molecule has 0 aliphatic heterocycles. The molecule has 0 atom stereocenters. The van der Waals surface area contributed by atoms with Crippen molar-refractivity contribution in [2.75, 3.05) is 13.2 Å². The quantitative estimate of drug-likeness (QED) is 0.372. The number of esters is 1. The minimum absolute atomic E-state index is 0.288. The summed E-state index contributed by atoms with van der Waals surface area (Å²) in [5.41, 5.74) is 2.29. The van der Waals surface area contributed by atoms with E-state index in [-0.39, 0.29) is 11.7 Å². The van der Waals surface area contributed by atoms with E-state index in [1.165, 1.54) is 0 Å². The lowest BCUT2D eigenvalue weighted by molar-refractivity contribution is -0.154. The number of para-hydroxylation sites is 1. The van der Waals surface area contributed by atoms with Gasteiger partial charge in [-0.2, -0.15) is 0 Å². The third-order valence-corrected chi connectivity index (χ3v) is 4.53. The molecule has 0 bridgehead atoms. The Morgan fingerprint density at radius 3 is 1.87 bits per heavy atom. The number of nitrogens with zero attached hydrogens (tertiary/aromatic N) is 1. The molecule has 31 heavy (non-hydrogen) atoms. The van der Waals surface area contributed by atoms with E-state index in [2.05, 4.69) is 0 Å². The Labute approximate surface area is 181 Å². The number of hydrogen-bond donors (Lipinski definition) is 0. The van der Waals surface area contributed by atoms with Gasteiger partial charge in [0.05, 0.1) is 5.56 Å². The first kappa shape index (κ1) is 21.8. The minimum atomic E-state index is -0.687. The zero-order valence-corrected chi connectivity index (χ0v) is 17.0. The second-order valence-electron chi connectivity index (χ2n) is 6.83. The number of ether oxygens (including phenoxy) is 2. The van der Waals surface area contributed by atoms with Crippen LogP contribution in [0.15, 0.2) is 84.9 Å². The normalized spacial score (nSPS) is 10.2. The lowest BCUT2D eigenvalue weighted by Crippen LogP contribution is -2.34. The van der Waals surface area contributed by atoms with Crippen molar-refractivity contribution < 1.29 is 23.9 Å². The van der Waals surface area contributed by atoms with E-state index >= 15 is 0 Å². The molecule has 0 aromatic heterocycles. The van der Waals surface area contributed by atoms with Gasteiger partial charge in [-0.1, -0.05) is 72.8 Å². The molecular formula is C25H23NO5. The molecule has 6 nitrogen and oxygen atoms in total. The Balaban J connectivity index is 1.57. The maximum Gasteiger partial charge on any atom is 0.344 e. The molecule has 0 saturated carbocycles. The van der Waals surface area contributed by atoms with Crippen LogP contribution in [0.2, 0.25) is 0 Å². The van der Waals surface area contributed by atoms with Gasteiger partial charge in [-0.25, -0.2) is 4.79 Å². The van der Waals surface area contributed by atoms with Crippen LogP contribution in [-0.4, -0.2) is 36.3 Å². The molecule has 0 saturated heterocycles. The zero-order chi connectivity index (χ0) is 21.9. The van der Waals surface area contributed by atoms with Crippen LogP contribution in [0.4, 0.5) is 0 Å². The van der Waals surface area contributed by atoms with E-state index < -0.39 is 19.2 Å². The first-order valence-electron chi connectivity index (χ1n) is 9.84. The first-order chi connectivity index (χ1) is 15.2. The van der Waals surface area contributed by atoms with Crippen molar-refractivity contribution in [3.05, 3.63) is 102 Å². The molecule has 0 radical (unpaired) electrons. The number of carbonyl (C=O) groups excluding carboxylic acids is 3. The number of amides is 1. The van der Waals surface area contributed by atoms with Crippen molar-refractivity contribution in [3.63, 3.8) is 0 Å². The average molecular weight is 417 g/mol. The molecule has 3 aromatic carbocycles. The summed E-state index contributed by atoms with van der Waals surface area (Å²) in [6, 6.07) is 25.8. The number of carbonyl (C=O) groups is 3. The van der Waals surface area contributed by atoms with E-state index in [0.717, 1.165) is 11.1 Å². The third kappa shape index (κ3) is 6.82. The van der Waals surface area contributed by atoms with Crippen LogP contribution in [0.25, 0.3) is 0 Å². The van der Waals surface area contributed by atoms with Crippen molar-refractivity contribution in [2.45, 2.75) is 13.1 Å². The van der Waals surface area contributed by atoms with Gasteiger partial charge in [0, 0.05) is 13.1 Å². The second kappa shape index (κ2) is 11.3. The van der Waals surface area contributed by atoms with Crippen LogP contribution in [0.5, 0.6) is 5.75 Å². The minimum Gasteiger partial charge on any atom is -0.481 e. The van der Waals surface area contributed by atoms with Crippen LogP contribution >= 0.6 is 0 Å². The van der Waals surface area contributed by atoms with Crippen LogP contribution < -0.4 is 4.74 Å². The monoisotopic (exact) mass is 417 g/mol. The fourth-order valence-corrected chi connectivity index (χ4v) is 2.96. The summed E-state index contributed by atoms with van der Waals surface area (Å²) in [6.45, 7) is 0.0113. The van der Waals surface area contributed by atoms with E-state index in [9.17, 15) is 14.4 Å². The Morgan fingerprint density at radius 2 is 1.29 bits per heavy atom. The van der Waals surface area contributed by atoms with Crippen molar-refractivity contribution in [2.24, 2.45) is 0 Å². The molecule has 3 aromatic rings. The van der Waals surface area contributed by atoms with Gasteiger partial charge in [-0.15, -0.1) is 0 Å². The molecule has 0 fully saturated rings. The van der Waals surface area contributed by atoms with Gasteiger partial charge in [0.2, 0.25) is 0 Å². The summed E-state index contributed by atoms with van der Waals surface area (Å²) in [4.78, 5) is 37.5. The topological polar surface area (TPSA) is 72.9 Å². The molecule has 1 amide bonds. The van der Waals surface area contributed by atoms with Crippen molar-refractivity contribution in [1.82, 2.24) is 4.90 Å². The maximum atomic E-state index is 12.8.